The van der Waals surface area contributed by atoms with E-state index >= 15 is 0 Å². The SMILES string of the molecule is CC(=O)N[C@H]1C(OC(C)=O)[C@@H](OC(C)=O)C(COC(C)=O)O[C@H]1OCCCCCCO. The molecule has 0 spiro atoms. The number of amides is 1. The molecule has 0 aromatic carbocycles. The summed E-state index contributed by atoms with van der Waals surface area (Å²) < 4.78 is 27.4. The second kappa shape index (κ2) is 13.9. The molecule has 11 heteroatoms. The second-order valence-corrected chi connectivity index (χ2v) is 7.23. The van der Waals surface area contributed by atoms with Crippen molar-refractivity contribution in [2.45, 2.75) is 84.0 Å². The lowest BCUT2D eigenvalue weighted by molar-refractivity contribution is -0.277. The summed E-state index contributed by atoms with van der Waals surface area (Å²) in [4.78, 5) is 46.5. The van der Waals surface area contributed by atoms with Crippen molar-refractivity contribution < 1.29 is 48.0 Å². The van der Waals surface area contributed by atoms with Crippen molar-refractivity contribution in [3.05, 3.63) is 0 Å². The van der Waals surface area contributed by atoms with Crippen molar-refractivity contribution >= 4 is 23.8 Å². The van der Waals surface area contributed by atoms with Crippen LogP contribution in [-0.4, -0.2) is 79.4 Å². The van der Waals surface area contributed by atoms with Crippen molar-refractivity contribution in [2.24, 2.45) is 0 Å². The molecule has 1 aliphatic heterocycles. The highest BCUT2D eigenvalue weighted by molar-refractivity contribution is 5.73. The maximum Gasteiger partial charge on any atom is 0.303 e. The van der Waals surface area contributed by atoms with E-state index in [1.807, 2.05) is 0 Å². The van der Waals surface area contributed by atoms with Gasteiger partial charge in [0.05, 0.1) is 0 Å². The van der Waals surface area contributed by atoms with Gasteiger partial charge in [-0.1, -0.05) is 12.8 Å². The van der Waals surface area contributed by atoms with Crippen LogP contribution in [0.1, 0.15) is 53.4 Å². The number of aliphatic hydroxyl groups excluding tert-OH is 1. The molecule has 0 aliphatic carbocycles. The van der Waals surface area contributed by atoms with Crippen LogP contribution < -0.4 is 5.32 Å². The van der Waals surface area contributed by atoms with E-state index in [9.17, 15) is 19.2 Å². The van der Waals surface area contributed by atoms with Crippen LogP contribution in [0.15, 0.2) is 0 Å². The third-order valence-corrected chi connectivity index (χ3v) is 4.41. The summed E-state index contributed by atoms with van der Waals surface area (Å²) in [6.07, 6.45) is -1.27. The molecule has 0 radical (unpaired) electrons. The van der Waals surface area contributed by atoms with Crippen LogP contribution in [0.2, 0.25) is 0 Å². The summed E-state index contributed by atoms with van der Waals surface area (Å²) in [5.41, 5.74) is 0. The number of carbonyl (C=O) groups excluding carboxylic acids is 4. The first-order chi connectivity index (χ1) is 14.6. The Hall–Kier alpha value is -2.24. The largest absolute Gasteiger partial charge is 0.463 e. The zero-order valence-corrected chi connectivity index (χ0v) is 18.5. The van der Waals surface area contributed by atoms with Gasteiger partial charge >= 0.3 is 17.9 Å². The van der Waals surface area contributed by atoms with Crippen LogP contribution >= 0.6 is 0 Å². The number of aliphatic hydroxyl groups is 1. The molecule has 0 bridgehead atoms. The molecule has 0 aromatic rings. The molecule has 2 unspecified atom stereocenters. The molecule has 1 heterocycles. The summed E-state index contributed by atoms with van der Waals surface area (Å²) in [6, 6.07) is -0.961. The Morgan fingerprint density at radius 3 is 2.03 bits per heavy atom. The maximum absolute atomic E-state index is 11.8. The van der Waals surface area contributed by atoms with E-state index in [1.165, 1.54) is 27.7 Å². The quantitative estimate of drug-likeness (QED) is 0.242. The molecule has 0 saturated carbocycles. The first-order valence-electron chi connectivity index (χ1n) is 10.3. The van der Waals surface area contributed by atoms with Crippen molar-refractivity contribution in [1.29, 1.82) is 0 Å². The highest BCUT2D eigenvalue weighted by Gasteiger charge is 2.51. The standard InChI is InChI=1S/C20H33NO10/c1-12(23)21-17-19(30-15(4)26)18(29-14(3)25)16(11-28-13(2)24)31-20(17)27-10-8-6-5-7-9-22/h16-20,22H,5-11H2,1-4H3,(H,21,23)/t16?,17-,18-,19?,20+/m0/s1. The zero-order valence-electron chi connectivity index (χ0n) is 18.5. The minimum Gasteiger partial charge on any atom is -0.463 e. The van der Waals surface area contributed by atoms with E-state index < -0.39 is 54.5 Å². The Kier molecular flexibility index (Phi) is 12.1. The lowest BCUT2D eigenvalue weighted by atomic mass is 9.96. The number of rotatable bonds is 12. The third kappa shape index (κ3) is 10.1. The zero-order chi connectivity index (χ0) is 23.4. The number of carbonyl (C=O) groups is 4. The van der Waals surface area contributed by atoms with Gasteiger partial charge in [0.25, 0.3) is 0 Å². The monoisotopic (exact) mass is 447 g/mol. The van der Waals surface area contributed by atoms with Crippen LogP contribution in [0.4, 0.5) is 0 Å². The van der Waals surface area contributed by atoms with Gasteiger partial charge < -0.3 is 34.1 Å². The van der Waals surface area contributed by atoms with Crippen LogP contribution in [0.3, 0.4) is 0 Å². The van der Waals surface area contributed by atoms with Crippen molar-refractivity contribution in [3.8, 4) is 0 Å². The van der Waals surface area contributed by atoms with E-state index in [-0.39, 0.29) is 19.8 Å². The number of hydrogen-bond acceptors (Lipinski definition) is 10. The first-order valence-corrected chi connectivity index (χ1v) is 10.3. The molecule has 1 rings (SSSR count). The van der Waals surface area contributed by atoms with Gasteiger partial charge in [0.2, 0.25) is 5.91 Å². The first kappa shape index (κ1) is 26.8. The van der Waals surface area contributed by atoms with Gasteiger partial charge in [-0.05, 0) is 12.8 Å². The van der Waals surface area contributed by atoms with Crippen molar-refractivity contribution in [1.82, 2.24) is 5.32 Å². The van der Waals surface area contributed by atoms with E-state index in [0.29, 0.717) is 12.8 Å². The van der Waals surface area contributed by atoms with Gasteiger partial charge in [0, 0.05) is 40.9 Å². The molecular weight excluding hydrogens is 414 g/mol. The lowest BCUT2D eigenvalue weighted by Crippen LogP contribution is -2.66. The third-order valence-electron chi connectivity index (χ3n) is 4.41. The summed E-state index contributed by atoms with van der Waals surface area (Å²) in [5.74, 6) is -2.32. The summed E-state index contributed by atoms with van der Waals surface area (Å²) in [5, 5.41) is 11.5. The van der Waals surface area contributed by atoms with Gasteiger partial charge in [0.1, 0.15) is 18.8 Å². The number of hydrogen-bond donors (Lipinski definition) is 2. The molecule has 31 heavy (non-hydrogen) atoms. The fraction of sp³-hybridized carbons (Fsp3) is 0.800. The van der Waals surface area contributed by atoms with Gasteiger partial charge in [-0.3, -0.25) is 19.2 Å². The minimum absolute atomic E-state index is 0.122. The van der Waals surface area contributed by atoms with Gasteiger partial charge in [-0.25, -0.2) is 0 Å². The highest BCUT2D eigenvalue weighted by Crippen LogP contribution is 2.28. The lowest BCUT2D eigenvalue weighted by Gasteiger charge is -2.44. The fourth-order valence-corrected chi connectivity index (χ4v) is 3.20. The number of nitrogens with one attached hydrogen (secondary N) is 1. The van der Waals surface area contributed by atoms with E-state index in [2.05, 4.69) is 5.32 Å². The highest BCUT2D eigenvalue weighted by atomic mass is 16.7. The topological polar surface area (TPSA) is 147 Å². The fourth-order valence-electron chi connectivity index (χ4n) is 3.20. The Labute approximate surface area is 181 Å². The smallest absolute Gasteiger partial charge is 0.303 e. The Bertz CT molecular complexity index is 611. The summed E-state index contributed by atoms with van der Waals surface area (Å²) in [6.45, 7) is 4.98. The van der Waals surface area contributed by atoms with Gasteiger partial charge in [-0.15, -0.1) is 0 Å². The number of ether oxygens (including phenoxy) is 5. The molecule has 2 N–H and O–H groups in total. The van der Waals surface area contributed by atoms with E-state index in [1.54, 1.807) is 0 Å². The van der Waals surface area contributed by atoms with Crippen molar-refractivity contribution in [3.63, 3.8) is 0 Å². The normalized spacial score (nSPS) is 25.4. The van der Waals surface area contributed by atoms with E-state index in [0.717, 1.165) is 12.8 Å². The van der Waals surface area contributed by atoms with Crippen LogP contribution in [-0.2, 0) is 42.9 Å². The minimum atomic E-state index is -1.14. The summed E-state index contributed by atoms with van der Waals surface area (Å²) >= 11 is 0. The Morgan fingerprint density at radius 2 is 1.48 bits per heavy atom. The number of esters is 3. The van der Waals surface area contributed by atoms with Crippen LogP contribution in [0, 0.1) is 0 Å². The van der Waals surface area contributed by atoms with Gasteiger partial charge in [0.15, 0.2) is 18.5 Å². The van der Waals surface area contributed by atoms with E-state index in [4.69, 9.17) is 28.8 Å². The summed E-state index contributed by atoms with van der Waals surface area (Å²) in [7, 11) is 0. The Morgan fingerprint density at radius 1 is 0.871 bits per heavy atom. The van der Waals surface area contributed by atoms with Crippen LogP contribution in [0.25, 0.3) is 0 Å². The maximum atomic E-state index is 11.8. The molecule has 1 aliphatic rings. The molecule has 5 atom stereocenters. The molecular formula is C20H33NO10. The molecule has 1 fully saturated rings. The van der Waals surface area contributed by atoms with Crippen LogP contribution in [0.5, 0.6) is 0 Å². The molecule has 1 amide bonds. The molecule has 178 valence electrons. The molecule has 11 nitrogen and oxygen atoms in total. The predicted molar refractivity (Wildman–Crippen MR) is 106 cm³/mol. The average Bonchev–Trinajstić information content (AvgIpc) is 2.66. The average molecular weight is 447 g/mol. The predicted octanol–water partition coefficient (Wildman–Crippen LogP) is 0.212. The molecule has 1 saturated heterocycles. The van der Waals surface area contributed by atoms with Gasteiger partial charge in [-0.2, -0.15) is 0 Å². The second-order valence-electron chi connectivity index (χ2n) is 7.23. The van der Waals surface area contributed by atoms with Crippen molar-refractivity contribution in [2.75, 3.05) is 19.8 Å². The Balaban J connectivity index is 3.07. The molecule has 0 aromatic heterocycles. The number of unbranched alkanes of at least 4 members (excludes halogenated alkanes) is 3.